The second-order valence-electron chi connectivity index (χ2n) is 5.23. The van der Waals surface area contributed by atoms with Gasteiger partial charge in [-0.05, 0) is 37.5 Å². The molecule has 2 aromatic rings. The number of aromatic nitrogens is 2. The van der Waals surface area contributed by atoms with Crippen molar-refractivity contribution in [1.29, 1.82) is 0 Å². The highest BCUT2D eigenvalue weighted by Crippen LogP contribution is 2.36. The molecule has 20 heavy (non-hydrogen) atoms. The van der Waals surface area contributed by atoms with Crippen LogP contribution in [0.3, 0.4) is 0 Å². The van der Waals surface area contributed by atoms with Gasteiger partial charge in [0.25, 0.3) is 0 Å². The number of nitrogens with zero attached hydrogens (tertiary/aromatic N) is 2. The topological polar surface area (TPSA) is 29.9 Å². The number of halogens is 1. The number of aryl methyl sites for hydroxylation is 2. The van der Waals surface area contributed by atoms with E-state index in [0.29, 0.717) is 6.04 Å². The summed E-state index contributed by atoms with van der Waals surface area (Å²) in [4.78, 5) is 1.13. The van der Waals surface area contributed by atoms with Crippen molar-refractivity contribution >= 4 is 23.4 Å². The lowest BCUT2D eigenvalue weighted by Crippen LogP contribution is -2.15. The minimum Gasteiger partial charge on any atom is -0.310 e. The molecular formula is C15H18ClN3S. The maximum atomic E-state index is 6.39. The standard InChI is InChI=1S/C15H18ClN3S/c1-10-8-14(19(2)18-10)20-15-11(4-3-5-13(15)16)9-17-12-6-7-12/h3-5,8,12,17H,6-7,9H2,1-2H3. The Bertz CT molecular complexity index is 620. The van der Waals surface area contributed by atoms with Crippen LogP contribution in [-0.2, 0) is 13.6 Å². The van der Waals surface area contributed by atoms with Crippen LogP contribution in [0.1, 0.15) is 24.1 Å². The predicted molar refractivity (Wildman–Crippen MR) is 83.4 cm³/mol. The van der Waals surface area contributed by atoms with Crippen LogP contribution in [-0.4, -0.2) is 15.8 Å². The molecule has 3 rings (SSSR count). The molecule has 5 heteroatoms. The zero-order valence-corrected chi connectivity index (χ0v) is 13.3. The maximum absolute atomic E-state index is 6.39. The molecule has 1 aliphatic carbocycles. The molecule has 3 nitrogen and oxygen atoms in total. The molecule has 1 heterocycles. The van der Waals surface area contributed by atoms with Crippen molar-refractivity contribution in [1.82, 2.24) is 15.1 Å². The Hall–Kier alpha value is -0.970. The van der Waals surface area contributed by atoms with Crippen LogP contribution in [0.2, 0.25) is 5.02 Å². The number of rotatable bonds is 5. The third kappa shape index (κ3) is 3.19. The second kappa shape index (κ2) is 5.80. The minimum atomic E-state index is 0.700. The summed E-state index contributed by atoms with van der Waals surface area (Å²) in [5.74, 6) is 0. The van der Waals surface area contributed by atoms with E-state index in [9.17, 15) is 0 Å². The number of benzene rings is 1. The Morgan fingerprint density at radius 1 is 1.45 bits per heavy atom. The first-order valence-corrected chi connectivity index (χ1v) is 8.02. The molecule has 1 aliphatic rings. The van der Waals surface area contributed by atoms with Gasteiger partial charge in [0, 0.05) is 24.5 Å². The van der Waals surface area contributed by atoms with E-state index in [0.717, 1.165) is 27.2 Å². The van der Waals surface area contributed by atoms with E-state index in [4.69, 9.17) is 11.6 Å². The van der Waals surface area contributed by atoms with Crippen molar-refractivity contribution in [2.45, 2.75) is 42.3 Å². The highest BCUT2D eigenvalue weighted by molar-refractivity contribution is 7.99. The van der Waals surface area contributed by atoms with Crippen LogP contribution in [0.25, 0.3) is 0 Å². The number of hydrogen-bond donors (Lipinski definition) is 1. The quantitative estimate of drug-likeness (QED) is 0.911. The summed E-state index contributed by atoms with van der Waals surface area (Å²) in [6.45, 7) is 2.89. The third-order valence-electron chi connectivity index (χ3n) is 3.37. The van der Waals surface area contributed by atoms with E-state index in [1.165, 1.54) is 18.4 Å². The van der Waals surface area contributed by atoms with Gasteiger partial charge in [-0.25, -0.2) is 0 Å². The van der Waals surface area contributed by atoms with E-state index in [-0.39, 0.29) is 0 Å². The first-order chi connectivity index (χ1) is 9.63. The SMILES string of the molecule is Cc1cc(Sc2c(Cl)cccc2CNC2CC2)n(C)n1. The largest absolute Gasteiger partial charge is 0.310 e. The fourth-order valence-corrected chi connectivity index (χ4v) is 3.49. The van der Waals surface area contributed by atoms with Gasteiger partial charge < -0.3 is 5.32 Å². The monoisotopic (exact) mass is 307 g/mol. The highest BCUT2D eigenvalue weighted by Gasteiger charge is 2.21. The molecule has 0 spiro atoms. The Kier molecular flexibility index (Phi) is 4.06. The summed E-state index contributed by atoms with van der Waals surface area (Å²) in [7, 11) is 1.97. The third-order valence-corrected chi connectivity index (χ3v) is 5.08. The van der Waals surface area contributed by atoms with Crippen molar-refractivity contribution < 1.29 is 0 Å². The summed E-state index contributed by atoms with van der Waals surface area (Å²) in [5, 5.41) is 9.86. The fraction of sp³-hybridized carbons (Fsp3) is 0.400. The van der Waals surface area contributed by atoms with Gasteiger partial charge in [-0.2, -0.15) is 5.10 Å². The minimum absolute atomic E-state index is 0.700. The van der Waals surface area contributed by atoms with Crippen molar-refractivity contribution in [2.24, 2.45) is 7.05 Å². The normalized spacial score (nSPS) is 14.8. The molecule has 0 saturated heterocycles. The smallest absolute Gasteiger partial charge is 0.0987 e. The molecule has 0 amide bonds. The average molecular weight is 308 g/mol. The van der Waals surface area contributed by atoms with Gasteiger partial charge in [0.15, 0.2) is 0 Å². The van der Waals surface area contributed by atoms with Crippen molar-refractivity contribution in [3.63, 3.8) is 0 Å². The molecule has 1 fully saturated rings. The summed E-state index contributed by atoms with van der Waals surface area (Å²) in [5.41, 5.74) is 2.29. The Labute approximate surface area is 128 Å². The van der Waals surface area contributed by atoms with Crippen LogP contribution in [0.4, 0.5) is 0 Å². The summed E-state index contributed by atoms with van der Waals surface area (Å²) in [6.07, 6.45) is 2.59. The molecule has 1 aromatic carbocycles. The molecule has 0 bridgehead atoms. The summed E-state index contributed by atoms with van der Waals surface area (Å²) in [6, 6.07) is 8.91. The van der Waals surface area contributed by atoms with Crippen LogP contribution < -0.4 is 5.32 Å². The van der Waals surface area contributed by atoms with Gasteiger partial charge in [0.05, 0.1) is 15.7 Å². The zero-order valence-electron chi connectivity index (χ0n) is 11.7. The van der Waals surface area contributed by atoms with Gasteiger partial charge in [0.2, 0.25) is 0 Å². The lowest BCUT2D eigenvalue weighted by atomic mass is 10.2. The Morgan fingerprint density at radius 3 is 2.90 bits per heavy atom. The van der Waals surface area contributed by atoms with Crippen LogP contribution in [0.15, 0.2) is 34.2 Å². The lowest BCUT2D eigenvalue weighted by Gasteiger charge is -2.11. The fourth-order valence-electron chi connectivity index (χ4n) is 2.14. The Morgan fingerprint density at radius 2 is 2.25 bits per heavy atom. The van der Waals surface area contributed by atoms with E-state index >= 15 is 0 Å². The average Bonchev–Trinajstić information content (AvgIpc) is 3.17. The zero-order chi connectivity index (χ0) is 14.1. The first kappa shape index (κ1) is 14.0. The molecular weight excluding hydrogens is 290 g/mol. The van der Waals surface area contributed by atoms with Crippen LogP contribution >= 0.6 is 23.4 Å². The lowest BCUT2D eigenvalue weighted by molar-refractivity contribution is 0.678. The molecule has 1 N–H and O–H groups in total. The first-order valence-electron chi connectivity index (χ1n) is 6.83. The molecule has 0 atom stereocenters. The molecule has 0 aliphatic heterocycles. The Balaban J connectivity index is 1.84. The maximum Gasteiger partial charge on any atom is 0.0987 e. The van der Waals surface area contributed by atoms with Gasteiger partial charge >= 0.3 is 0 Å². The molecule has 1 saturated carbocycles. The van der Waals surface area contributed by atoms with Crippen LogP contribution in [0.5, 0.6) is 0 Å². The predicted octanol–water partition coefficient (Wildman–Crippen LogP) is 3.79. The van der Waals surface area contributed by atoms with Gasteiger partial charge in [-0.1, -0.05) is 35.5 Å². The molecule has 0 radical (unpaired) electrons. The van der Waals surface area contributed by atoms with Gasteiger partial charge in [0.1, 0.15) is 0 Å². The van der Waals surface area contributed by atoms with Gasteiger partial charge in [-0.3, -0.25) is 4.68 Å². The summed E-state index contributed by atoms with van der Waals surface area (Å²) < 4.78 is 1.90. The molecule has 106 valence electrons. The van der Waals surface area contributed by atoms with Crippen molar-refractivity contribution in [3.8, 4) is 0 Å². The number of nitrogens with one attached hydrogen (secondary N) is 1. The van der Waals surface area contributed by atoms with Gasteiger partial charge in [-0.15, -0.1) is 0 Å². The summed E-state index contributed by atoms with van der Waals surface area (Å²) >= 11 is 8.08. The highest BCUT2D eigenvalue weighted by atomic mass is 35.5. The number of hydrogen-bond acceptors (Lipinski definition) is 3. The van der Waals surface area contributed by atoms with E-state index in [1.807, 2.05) is 30.8 Å². The molecule has 0 unspecified atom stereocenters. The van der Waals surface area contributed by atoms with Crippen molar-refractivity contribution in [2.75, 3.05) is 0 Å². The van der Waals surface area contributed by atoms with E-state index < -0.39 is 0 Å². The van der Waals surface area contributed by atoms with Crippen LogP contribution in [0, 0.1) is 6.92 Å². The van der Waals surface area contributed by atoms with E-state index in [2.05, 4.69) is 22.5 Å². The van der Waals surface area contributed by atoms with E-state index in [1.54, 1.807) is 11.8 Å². The molecule has 1 aromatic heterocycles. The second-order valence-corrected chi connectivity index (χ2v) is 6.67. The van der Waals surface area contributed by atoms with Crippen molar-refractivity contribution in [3.05, 3.63) is 40.5 Å².